The number of carbonyl (C=O) groups excluding carboxylic acids is 1. The molecule has 5 aliphatic heterocycles. The van der Waals surface area contributed by atoms with Gasteiger partial charge in [-0.3, -0.25) is 14.7 Å². The number of nitrogens with zero attached hydrogens (tertiary/aromatic N) is 2. The Labute approximate surface area is 152 Å². The minimum absolute atomic E-state index is 0.140. The van der Waals surface area contributed by atoms with Crippen LogP contribution in [0, 0.1) is 11.8 Å². The molecule has 1 aliphatic carbocycles. The van der Waals surface area contributed by atoms with Crippen LogP contribution in [-0.2, 0) is 14.9 Å². The van der Waals surface area contributed by atoms with E-state index >= 15 is 0 Å². The Hall–Kier alpha value is -1.98. The molecule has 5 heteroatoms. The monoisotopic (exact) mass is 350 g/mol. The molecule has 0 aromatic heterocycles. The second-order valence-corrected chi connectivity index (χ2v) is 8.33. The van der Waals surface area contributed by atoms with Crippen molar-refractivity contribution in [3.63, 3.8) is 0 Å². The van der Waals surface area contributed by atoms with Gasteiger partial charge in [-0.2, -0.15) is 0 Å². The van der Waals surface area contributed by atoms with Crippen molar-refractivity contribution in [3.05, 3.63) is 41.5 Å². The van der Waals surface area contributed by atoms with Gasteiger partial charge in [0.25, 0.3) is 0 Å². The molecule has 6 aliphatic rings. The molecule has 1 aromatic rings. The van der Waals surface area contributed by atoms with Gasteiger partial charge in [0.1, 0.15) is 12.3 Å². The number of hydrogen-bond donors (Lipinski definition) is 1. The number of aliphatic hydroxyl groups excluding tert-OH is 1. The fraction of sp³-hybridized carbons (Fsp3) is 0.524. The number of allylic oxidation sites excluding steroid dienone is 1. The quantitative estimate of drug-likeness (QED) is 0.624. The van der Waals surface area contributed by atoms with Gasteiger partial charge in [0.2, 0.25) is 0 Å². The van der Waals surface area contributed by atoms with E-state index in [0.717, 1.165) is 29.8 Å². The van der Waals surface area contributed by atoms with Crippen LogP contribution in [0.1, 0.15) is 32.3 Å². The van der Waals surface area contributed by atoms with Crippen LogP contribution in [0.15, 0.2) is 40.9 Å². The number of ether oxygens (including phenoxy) is 1. The number of carbonyl (C=O) groups is 1. The molecule has 1 spiro atoms. The number of hydrogen-bond acceptors (Lipinski definition) is 5. The highest BCUT2D eigenvalue weighted by atomic mass is 16.5. The van der Waals surface area contributed by atoms with Crippen LogP contribution in [0.5, 0.6) is 0 Å². The van der Waals surface area contributed by atoms with Crippen molar-refractivity contribution in [1.82, 2.24) is 4.90 Å². The highest BCUT2D eigenvalue weighted by Crippen LogP contribution is 2.67. The molecule has 5 nitrogen and oxygen atoms in total. The van der Waals surface area contributed by atoms with E-state index in [1.54, 1.807) is 0 Å². The van der Waals surface area contributed by atoms with Crippen molar-refractivity contribution < 1.29 is 14.6 Å². The van der Waals surface area contributed by atoms with Crippen molar-refractivity contribution in [3.8, 4) is 0 Å². The van der Waals surface area contributed by atoms with E-state index in [1.165, 1.54) is 12.5 Å². The normalized spacial score (nSPS) is 47.7. The van der Waals surface area contributed by atoms with Gasteiger partial charge in [-0.1, -0.05) is 24.3 Å². The molecule has 0 radical (unpaired) electrons. The second-order valence-electron chi connectivity index (χ2n) is 8.33. The topological polar surface area (TPSA) is 62.1 Å². The molecule has 5 bridgehead atoms. The van der Waals surface area contributed by atoms with E-state index in [-0.39, 0.29) is 41.4 Å². The molecule has 26 heavy (non-hydrogen) atoms. The fourth-order valence-electron chi connectivity index (χ4n) is 6.90. The lowest BCUT2D eigenvalue weighted by atomic mass is 9.66. The van der Waals surface area contributed by atoms with E-state index in [1.807, 2.05) is 13.0 Å². The summed E-state index contributed by atoms with van der Waals surface area (Å²) in [5.74, 6) is 0.264. The molecular formula is C21H22N2O3. The van der Waals surface area contributed by atoms with Gasteiger partial charge in [0.05, 0.1) is 22.9 Å². The predicted octanol–water partition coefficient (Wildman–Crippen LogP) is 2.31. The largest absolute Gasteiger partial charge is 0.461 e. The lowest BCUT2D eigenvalue weighted by molar-refractivity contribution is -0.156. The van der Waals surface area contributed by atoms with Gasteiger partial charge in [0, 0.05) is 18.9 Å². The molecule has 1 N–H and O–H groups in total. The summed E-state index contributed by atoms with van der Waals surface area (Å²) in [5, 5.41) is 11.0. The Morgan fingerprint density at radius 1 is 1.42 bits per heavy atom. The lowest BCUT2D eigenvalue weighted by Crippen LogP contribution is -2.68. The number of benzene rings is 1. The van der Waals surface area contributed by atoms with Crippen molar-refractivity contribution >= 4 is 17.4 Å². The predicted molar refractivity (Wildman–Crippen MR) is 96.2 cm³/mol. The highest BCUT2D eigenvalue weighted by molar-refractivity contribution is 6.08. The molecule has 0 amide bonds. The number of rotatable bonds is 1. The summed E-state index contributed by atoms with van der Waals surface area (Å²) in [4.78, 5) is 19.3. The van der Waals surface area contributed by atoms with Gasteiger partial charge in [-0.05, 0) is 42.9 Å². The van der Waals surface area contributed by atoms with E-state index < -0.39 is 6.23 Å². The molecule has 2 unspecified atom stereocenters. The van der Waals surface area contributed by atoms with Crippen LogP contribution in [0.2, 0.25) is 0 Å². The summed E-state index contributed by atoms with van der Waals surface area (Å²) >= 11 is 0. The summed E-state index contributed by atoms with van der Waals surface area (Å²) in [6.45, 7) is 3.51. The minimum atomic E-state index is -0.537. The maximum Gasteiger partial charge on any atom is 0.302 e. The Bertz CT molecular complexity index is 906. The van der Waals surface area contributed by atoms with Crippen LogP contribution in [0.4, 0.5) is 5.69 Å². The summed E-state index contributed by atoms with van der Waals surface area (Å²) in [5.41, 5.74) is 4.10. The number of fused-ring (bicyclic) bond motifs is 2. The van der Waals surface area contributed by atoms with Crippen molar-refractivity contribution in [1.29, 1.82) is 0 Å². The van der Waals surface area contributed by atoms with Crippen LogP contribution in [-0.4, -0.2) is 46.1 Å². The van der Waals surface area contributed by atoms with Gasteiger partial charge in [-0.25, -0.2) is 0 Å². The zero-order valence-electron chi connectivity index (χ0n) is 14.9. The van der Waals surface area contributed by atoms with E-state index in [2.05, 4.69) is 29.2 Å². The van der Waals surface area contributed by atoms with Gasteiger partial charge in [-0.15, -0.1) is 0 Å². The summed E-state index contributed by atoms with van der Waals surface area (Å²) in [6.07, 6.45) is 3.17. The minimum Gasteiger partial charge on any atom is -0.461 e. The van der Waals surface area contributed by atoms with E-state index in [0.29, 0.717) is 0 Å². The van der Waals surface area contributed by atoms with Gasteiger partial charge in [0.15, 0.2) is 0 Å². The number of aliphatic hydroxyl groups is 1. The first-order valence-corrected chi connectivity index (χ1v) is 9.55. The molecule has 1 aromatic carbocycles. The van der Waals surface area contributed by atoms with Crippen molar-refractivity contribution in [2.24, 2.45) is 16.8 Å². The maximum atomic E-state index is 12.0. The summed E-state index contributed by atoms with van der Waals surface area (Å²) in [7, 11) is 0. The fourth-order valence-corrected chi connectivity index (χ4v) is 6.90. The molecular weight excluding hydrogens is 328 g/mol. The first-order chi connectivity index (χ1) is 12.6. The SMILES string of the molecule is C/C=C1/[C@@H](O)N2[C@H]3C[C@@H]1C1[C@@H](OC(C)=O)[C@@]4(C[C@@H]12)C3=Nc1ccccc14. The Morgan fingerprint density at radius 3 is 3.00 bits per heavy atom. The molecule has 134 valence electrons. The Morgan fingerprint density at radius 2 is 2.23 bits per heavy atom. The third kappa shape index (κ3) is 1.45. The molecule has 4 saturated heterocycles. The van der Waals surface area contributed by atoms with Crippen LogP contribution >= 0.6 is 0 Å². The van der Waals surface area contributed by atoms with Gasteiger partial charge < -0.3 is 9.84 Å². The number of aliphatic imine (C=N–C) groups is 1. The lowest BCUT2D eigenvalue weighted by Gasteiger charge is -2.58. The third-order valence-electron chi connectivity index (χ3n) is 7.53. The van der Waals surface area contributed by atoms with Crippen molar-refractivity contribution in [2.75, 3.05) is 0 Å². The zero-order chi connectivity index (χ0) is 17.8. The first-order valence-electron chi connectivity index (χ1n) is 9.55. The highest BCUT2D eigenvalue weighted by Gasteiger charge is 2.74. The van der Waals surface area contributed by atoms with Crippen LogP contribution in [0.25, 0.3) is 0 Å². The van der Waals surface area contributed by atoms with Gasteiger partial charge >= 0.3 is 5.97 Å². The summed E-state index contributed by atoms with van der Waals surface area (Å²) in [6, 6.07) is 8.67. The maximum absolute atomic E-state index is 12.0. The van der Waals surface area contributed by atoms with Crippen LogP contribution < -0.4 is 0 Å². The van der Waals surface area contributed by atoms with Crippen molar-refractivity contribution in [2.45, 2.75) is 56.5 Å². The van der Waals surface area contributed by atoms with Crippen LogP contribution in [0.3, 0.4) is 0 Å². The third-order valence-corrected chi connectivity index (χ3v) is 7.53. The number of esters is 1. The molecule has 5 heterocycles. The first kappa shape index (κ1) is 15.1. The number of para-hydroxylation sites is 1. The Kier molecular flexibility index (Phi) is 2.70. The average Bonchev–Trinajstić information content (AvgIpc) is 3.08. The molecule has 7 rings (SSSR count). The van der Waals surface area contributed by atoms with E-state index in [4.69, 9.17) is 9.73 Å². The zero-order valence-corrected chi connectivity index (χ0v) is 14.9. The smallest absolute Gasteiger partial charge is 0.302 e. The van der Waals surface area contributed by atoms with E-state index in [9.17, 15) is 9.90 Å². The standard InChI is InChI=1S/C21H22N2O3/c1-3-11-12-8-15-18-21(13-6-4-5-7-14(13)22-18)9-16(23(15)20(11)25)17(12)19(21)26-10(2)24/h3-7,12,15-17,19-20,25H,8-9H2,1-2H3/b11-3+/t12-,15-,16-,17?,19+,20+,21+/m0/s1. The Balaban J connectivity index is 1.62. The second kappa shape index (κ2) is 4.65. The summed E-state index contributed by atoms with van der Waals surface area (Å²) < 4.78 is 6.04. The molecule has 8 atom stereocenters. The average molecular weight is 350 g/mol. The molecule has 5 fully saturated rings. The molecule has 1 saturated carbocycles. The number of piperidine rings is 4.